The zero-order valence-corrected chi connectivity index (χ0v) is 9.79. The average Bonchev–Trinajstić information content (AvgIpc) is 1.90. The van der Waals surface area contributed by atoms with Crippen LogP contribution in [0.25, 0.3) is 0 Å². The Kier molecular flexibility index (Phi) is 18.0. The molecule has 0 amide bonds. The lowest BCUT2D eigenvalue weighted by molar-refractivity contribution is 0.521. The molecule has 0 aliphatic heterocycles. The van der Waals surface area contributed by atoms with E-state index in [0.29, 0.717) is 0 Å². The summed E-state index contributed by atoms with van der Waals surface area (Å²) >= 11 is -0.639. The first-order chi connectivity index (χ1) is 4.72. The van der Waals surface area contributed by atoms with Crippen molar-refractivity contribution in [3.05, 3.63) is 6.92 Å². The van der Waals surface area contributed by atoms with Gasteiger partial charge >= 0.3 is 18.2 Å². The van der Waals surface area contributed by atoms with Gasteiger partial charge in [-0.15, -0.1) is 0 Å². The summed E-state index contributed by atoms with van der Waals surface area (Å²) in [5, 5.41) is 0. The highest BCUT2D eigenvalue weighted by molar-refractivity contribution is 7.22. The summed E-state index contributed by atoms with van der Waals surface area (Å²) in [7, 11) is 9.81. The summed E-state index contributed by atoms with van der Waals surface area (Å²) < 4.78 is 0. The largest absolute Gasteiger partial charge is 0.618 e. The molecule has 0 heterocycles. The van der Waals surface area contributed by atoms with Crippen LogP contribution in [0.15, 0.2) is 0 Å². The van der Waals surface area contributed by atoms with E-state index in [2.05, 4.69) is 20.8 Å². The maximum absolute atomic E-state index is 4.90. The summed E-state index contributed by atoms with van der Waals surface area (Å²) in [4.78, 5) is 0. The van der Waals surface area contributed by atoms with Crippen LogP contribution in [0.4, 0.5) is 0 Å². The monoisotopic (exact) mass is 193 g/mol. The van der Waals surface area contributed by atoms with Gasteiger partial charge in [-0.3, -0.25) is 0 Å². The van der Waals surface area contributed by atoms with E-state index in [-0.39, 0.29) is 0 Å². The number of hydrogen-bond acceptors (Lipinski definition) is 0. The van der Waals surface area contributed by atoms with Crippen molar-refractivity contribution >= 4 is 36.3 Å². The quantitative estimate of drug-likeness (QED) is 0.602. The van der Waals surface area contributed by atoms with Crippen molar-refractivity contribution in [2.75, 3.05) is 0 Å². The molecule has 0 aliphatic carbocycles. The van der Waals surface area contributed by atoms with Gasteiger partial charge in [0.2, 0.25) is 0 Å². The predicted octanol–water partition coefficient (Wildman–Crippen LogP) is 3.64. The smallest absolute Gasteiger partial charge is 0.309 e. The first kappa shape index (κ1) is 13.9. The Hall–Kier alpha value is 1.35. The third-order valence-electron chi connectivity index (χ3n) is 1.39. The van der Waals surface area contributed by atoms with Crippen LogP contribution in [0.3, 0.4) is 0 Å². The van der Waals surface area contributed by atoms with Crippen molar-refractivity contribution in [3.63, 3.8) is 0 Å². The van der Waals surface area contributed by atoms with E-state index >= 15 is 0 Å². The molecular formula is C7H15Cl2Mg. The van der Waals surface area contributed by atoms with Gasteiger partial charge in [-0.1, -0.05) is 40.0 Å². The molecule has 0 rings (SSSR count). The summed E-state index contributed by atoms with van der Waals surface area (Å²) in [6.45, 7) is 8.27. The Morgan fingerprint density at radius 2 is 1.90 bits per heavy atom. The van der Waals surface area contributed by atoms with Gasteiger partial charge in [0.15, 0.2) is 0 Å². The van der Waals surface area contributed by atoms with Crippen LogP contribution in [0.2, 0.25) is 0 Å². The molecule has 0 aromatic carbocycles. The third-order valence-corrected chi connectivity index (χ3v) is 1.39. The molecule has 0 spiro atoms. The van der Waals surface area contributed by atoms with Gasteiger partial charge in [-0.05, 0) is 5.92 Å². The van der Waals surface area contributed by atoms with E-state index in [1.54, 1.807) is 0 Å². The molecule has 10 heavy (non-hydrogen) atoms. The molecule has 0 bridgehead atoms. The van der Waals surface area contributed by atoms with E-state index in [1.165, 1.54) is 12.8 Å². The van der Waals surface area contributed by atoms with Crippen molar-refractivity contribution in [3.8, 4) is 0 Å². The number of rotatable bonds is 3. The second-order valence-electron chi connectivity index (χ2n) is 2.26. The number of hydrogen-bond donors (Lipinski definition) is 0. The zero-order valence-electron chi connectivity index (χ0n) is 6.87. The van der Waals surface area contributed by atoms with E-state index in [4.69, 9.17) is 18.1 Å². The Balaban J connectivity index is 0. The Bertz CT molecular complexity index is 50.9. The maximum Gasteiger partial charge on any atom is 0.618 e. The normalized spacial score (nSPS) is 10.9. The van der Waals surface area contributed by atoms with Gasteiger partial charge in [-0.2, -0.15) is 0 Å². The Morgan fingerprint density at radius 3 is 2.00 bits per heavy atom. The number of halogens is 2. The van der Waals surface area contributed by atoms with Gasteiger partial charge < -0.3 is 18.1 Å². The molecule has 0 aromatic rings. The molecule has 0 N–H and O–H groups in total. The SMILES string of the molecule is [CH2]CCC(C)CC.[Cl][Mg][Cl]. The van der Waals surface area contributed by atoms with E-state index in [9.17, 15) is 0 Å². The minimum Gasteiger partial charge on any atom is -0.309 e. The van der Waals surface area contributed by atoms with Crippen LogP contribution >= 0.6 is 18.1 Å². The van der Waals surface area contributed by atoms with Crippen LogP contribution in [0, 0.1) is 12.8 Å². The highest BCUT2D eigenvalue weighted by atomic mass is 35.6. The molecule has 1 unspecified atom stereocenters. The van der Waals surface area contributed by atoms with Gasteiger partial charge in [0.05, 0.1) is 0 Å². The molecule has 0 aliphatic rings. The van der Waals surface area contributed by atoms with Crippen molar-refractivity contribution < 1.29 is 0 Å². The fourth-order valence-electron chi connectivity index (χ4n) is 0.553. The van der Waals surface area contributed by atoms with Gasteiger partial charge in [-0.25, -0.2) is 0 Å². The molecule has 0 saturated carbocycles. The molecule has 3 heteroatoms. The molecular weight excluding hydrogens is 179 g/mol. The molecule has 1 atom stereocenters. The molecule has 59 valence electrons. The molecule has 1 radical (unpaired) electrons. The Labute approximate surface area is 81.9 Å². The second kappa shape index (κ2) is 13.0. The van der Waals surface area contributed by atoms with Crippen molar-refractivity contribution in [1.29, 1.82) is 0 Å². The van der Waals surface area contributed by atoms with Crippen molar-refractivity contribution in [2.24, 2.45) is 5.92 Å². The Morgan fingerprint density at radius 1 is 1.50 bits per heavy atom. The van der Waals surface area contributed by atoms with Crippen LogP contribution in [-0.2, 0) is 0 Å². The van der Waals surface area contributed by atoms with Crippen LogP contribution in [-0.4, -0.2) is 18.2 Å². The van der Waals surface area contributed by atoms with Crippen LogP contribution in [0.1, 0.15) is 33.1 Å². The van der Waals surface area contributed by atoms with Crippen molar-refractivity contribution in [1.82, 2.24) is 0 Å². The van der Waals surface area contributed by atoms with Crippen molar-refractivity contribution in [2.45, 2.75) is 33.1 Å². The minimum absolute atomic E-state index is 0.639. The fraction of sp³-hybridized carbons (Fsp3) is 0.857. The van der Waals surface area contributed by atoms with Gasteiger partial charge in [0.1, 0.15) is 0 Å². The summed E-state index contributed by atoms with van der Waals surface area (Å²) in [6, 6.07) is 0. The lowest BCUT2D eigenvalue weighted by Gasteiger charge is -2.02. The van der Waals surface area contributed by atoms with Crippen LogP contribution < -0.4 is 0 Å². The van der Waals surface area contributed by atoms with Crippen LogP contribution in [0.5, 0.6) is 0 Å². The first-order valence-corrected chi connectivity index (χ1v) is 7.91. The summed E-state index contributed by atoms with van der Waals surface area (Å²) in [5.74, 6) is 0.887. The summed E-state index contributed by atoms with van der Waals surface area (Å²) in [6.07, 6.45) is 3.68. The molecule has 0 fully saturated rings. The van der Waals surface area contributed by atoms with E-state index in [1.807, 2.05) is 0 Å². The lowest BCUT2D eigenvalue weighted by Crippen LogP contribution is -1.88. The minimum atomic E-state index is -0.639. The van der Waals surface area contributed by atoms with E-state index < -0.39 is 18.2 Å². The van der Waals surface area contributed by atoms with E-state index in [0.717, 1.165) is 12.3 Å². The highest BCUT2D eigenvalue weighted by Gasteiger charge is 1.92. The van der Waals surface area contributed by atoms with Gasteiger partial charge in [0.25, 0.3) is 0 Å². The average molecular weight is 194 g/mol. The first-order valence-electron chi connectivity index (χ1n) is 3.64. The standard InChI is InChI=1S/C7H15.2ClH.Mg/c1-4-6-7(3)5-2;;;/h7H,1,4-6H2,2-3H3;2*1H;/q;;;+2/p-2. The third kappa shape index (κ3) is 16.2. The maximum atomic E-state index is 4.90. The second-order valence-corrected chi connectivity index (χ2v) is 4.88. The topological polar surface area (TPSA) is 0 Å². The fourth-order valence-corrected chi connectivity index (χ4v) is 0.553. The lowest BCUT2D eigenvalue weighted by atomic mass is 10.0. The van der Waals surface area contributed by atoms with Gasteiger partial charge in [0, 0.05) is 0 Å². The summed E-state index contributed by atoms with van der Waals surface area (Å²) in [5.41, 5.74) is 0. The molecule has 0 aromatic heterocycles. The predicted molar refractivity (Wildman–Crippen MR) is 51.5 cm³/mol. The molecule has 0 saturated heterocycles. The molecule has 0 nitrogen and oxygen atoms in total. The zero-order chi connectivity index (χ0) is 8.41. The highest BCUT2D eigenvalue weighted by Crippen LogP contribution is 2.07.